The van der Waals surface area contributed by atoms with E-state index in [0.29, 0.717) is 22.5 Å². The monoisotopic (exact) mass is 453 g/mol. The van der Waals surface area contributed by atoms with E-state index in [1.807, 2.05) is 6.07 Å². The van der Waals surface area contributed by atoms with Crippen molar-refractivity contribution in [1.82, 2.24) is 0 Å². The number of benzene rings is 2. The largest absolute Gasteiger partial charge is 0.494 e. The molecule has 13 nitrogen and oxygen atoms in total. The van der Waals surface area contributed by atoms with Gasteiger partial charge in [0, 0.05) is 18.1 Å². The van der Waals surface area contributed by atoms with Crippen LogP contribution in [0.1, 0.15) is 16.7 Å². The van der Waals surface area contributed by atoms with Crippen LogP contribution in [0.3, 0.4) is 0 Å². The average molecular weight is 454 g/mol. The molecule has 2 rings (SSSR count). The van der Waals surface area contributed by atoms with Crippen LogP contribution in [0.5, 0.6) is 11.5 Å². The van der Waals surface area contributed by atoms with E-state index in [-0.39, 0.29) is 57.0 Å². The first-order chi connectivity index (χ1) is 15.5. The molecule has 2 aromatic carbocycles. The van der Waals surface area contributed by atoms with Crippen LogP contribution in [0.2, 0.25) is 0 Å². The van der Waals surface area contributed by atoms with Crippen molar-refractivity contribution < 1.29 is 9.47 Å². The van der Waals surface area contributed by atoms with Gasteiger partial charge in [-0.1, -0.05) is 0 Å². The Bertz CT molecular complexity index is 1240. The minimum atomic E-state index is -0.237. The molecule has 2 aromatic rings. The maximum Gasteiger partial charge on any atom is 0.182 e. The fourth-order valence-corrected chi connectivity index (χ4v) is 2.94. The summed E-state index contributed by atoms with van der Waals surface area (Å²) in [6, 6.07) is 1.85. The van der Waals surface area contributed by atoms with Crippen LogP contribution < -0.4 is 55.3 Å². The number of nitriles is 1. The lowest BCUT2D eigenvalue weighted by molar-refractivity contribution is 0.416. The Morgan fingerprint density at radius 3 is 1.70 bits per heavy atom. The molecule has 0 heterocycles. The summed E-state index contributed by atoms with van der Waals surface area (Å²) in [5, 5.41) is 9.51. The molecule has 0 aliphatic heterocycles. The fourth-order valence-electron chi connectivity index (χ4n) is 2.94. The highest BCUT2D eigenvalue weighted by atomic mass is 16.5. The number of hydrogen-bond acceptors (Lipinski definition) is 13. The molecule has 0 aromatic heterocycles. The number of nitrogens with two attached hydrogens (primary N) is 8. The normalized spacial score (nSPS) is 12.1. The molecule has 0 fully saturated rings. The van der Waals surface area contributed by atoms with Crippen molar-refractivity contribution in [3.63, 3.8) is 0 Å². The Morgan fingerprint density at radius 2 is 1.18 bits per heavy atom. The summed E-state index contributed by atoms with van der Waals surface area (Å²) in [5.74, 6) is 0.143. The van der Waals surface area contributed by atoms with Gasteiger partial charge in [0.25, 0.3) is 0 Å². The minimum Gasteiger partial charge on any atom is -0.494 e. The van der Waals surface area contributed by atoms with Crippen molar-refractivity contribution in [2.75, 3.05) is 54.4 Å². The Labute approximate surface area is 190 Å². The number of methoxy groups -OCH3 is 2. The third kappa shape index (κ3) is 4.26. The number of anilines is 7. The van der Waals surface area contributed by atoms with E-state index in [4.69, 9.17) is 55.3 Å². The van der Waals surface area contributed by atoms with Crippen molar-refractivity contribution in [2.24, 2.45) is 15.7 Å². The zero-order valence-electron chi connectivity index (χ0n) is 18.4. The highest BCUT2D eigenvalue weighted by Gasteiger charge is 2.19. The average Bonchev–Trinajstić information content (AvgIpc) is 2.81. The van der Waals surface area contributed by atoms with Gasteiger partial charge in [0.05, 0.1) is 53.8 Å². The molecule has 0 amide bonds. The van der Waals surface area contributed by atoms with Crippen molar-refractivity contribution in [3.8, 4) is 17.6 Å². The van der Waals surface area contributed by atoms with Crippen LogP contribution in [0, 0.1) is 18.3 Å². The molecule has 0 atom stereocenters. The van der Waals surface area contributed by atoms with E-state index in [2.05, 4.69) is 9.98 Å². The lowest BCUT2D eigenvalue weighted by Crippen LogP contribution is -2.10. The van der Waals surface area contributed by atoms with Crippen molar-refractivity contribution in [3.05, 3.63) is 28.2 Å². The Hall–Kier alpha value is -4.99. The van der Waals surface area contributed by atoms with Crippen molar-refractivity contribution >= 4 is 52.2 Å². The Kier molecular flexibility index (Phi) is 6.94. The molecule has 174 valence electrons. The summed E-state index contributed by atoms with van der Waals surface area (Å²) in [6.45, 7) is 1.70. The molecule has 33 heavy (non-hydrogen) atoms. The predicted octanol–water partition coefficient (Wildman–Crippen LogP) is 0.277. The SMILES string of the molecule is COc1c(N)c(N)c(C)c(N)c1C=N/C(N)=C(/C#N)N=Cc1c(N)c(N)c(N)c(N)c1OC. The number of ether oxygens (including phenoxy) is 2. The van der Waals surface area contributed by atoms with E-state index >= 15 is 0 Å². The molecule has 0 saturated heterocycles. The summed E-state index contributed by atoms with van der Waals surface area (Å²) >= 11 is 0. The summed E-state index contributed by atoms with van der Waals surface area (Å²) in [4.78, 5) is 8.14. The minimum absolute atomic E-state index is 0.0575. The van der Waals surface area contributed by atoms with Gasteiger partial charge in [0.1, 0.15) is 11.8 Å². The van der Waals surface area contributed by atoms with Gasteiger partial charge in [-0.05, 0) is 12.5 Å². The predicted molar refractivity (Wildman–Crippen MR) is 134 cm³/mol. The first kappa shape index (κ1) is 24.3. The van der Waals surface area contributed by atoms with Crippen LogP contribution in [0.4, 0.5) is 39.8 Å². The van der Waals surface area contributed by atoms with Gasteiger partial charge in [0.15, 0.2) is 23.0 Å². The molecular formula is C20H27N11O2. The molecule has 0 bridgehead atoms. The molecule has 0 radical (unpaired) electrons. The second kappa shape index (κ2) is 9.43. The number of aliphatic imine (C=N–C) groups is 2. The molecule has 0 spiro atoms. The molecule has 13 heteroatoms. The molecule has 0 aliphatic carbocycles. The van der Waals surface area contributed by atoms with Crippen LogP contribution in [0.15, 0.2) is 21.5 Å². The van der Waals surface area contributed by atoms with Gasteiger partial charge in [0.2, 0.25) is 0 Å². The first-order valence-electron chi connectivity index (χ1n) is 9.30. The van der Waals surface area contributed by atoms with Crippen LogP contribution in [0.25, 0.3) is 0 Å². The zero-order chi connectivity index (χ0) is 25.0. The summed E-state index contributed by atoms with van der Waals surface area (Å²) in [7, 11) is 2.78. The fraction of sp³-hybridized carbons (Fsp3) is 0.150. The van der Waals surface area contributed by atoms with Gasteiger partial charge in [-0.25, -0.2) is 9.98 Å². The maximum atomic E-state index is 9.51. The number of allylic oxidation sites excluding steroid dienone is 1. The van der Waals surface area contributed by atoms with Gasteiger partial charge in [-0.15, -0.1) is 0 Å². The number of nitrogens with zero attached hydrogens (tertiary/aromatic N) is 3. The van der Waals surface area contributed by atoms with E-state index in [0.717, 1.165) is 0 Å². The number of nitrogen functional groups attached to an aromatic ring is 7. The third-order valence-corrected chi connectivity index (χ3v) is 4.94. The van der Waals surface area contributed by atoms with Crippen LogP contribution in [-0.2, 0) is 0 Å². The third-order valence-electron chi connectivity index (χ3n) is 4.94. The molecule has 16 N–H and O–H groups in total. The topological polar surface area (TPSA) is 275 Å². The van der Waals surface area contributed by atoms with E-state index in [1.165, 1.54) is 26.6 Å². The Morgan fingerprint density at radius 1 is 0.727 bits per heavy atom. The Balaban J connectivity index is 2.57. The standard InChI is InChI=1S/C20H27N11O2/c1-7-11(22)8(18(32-2)16(27)12(7)23)6-31-20(29)10(4-21)30-5-9-13(24)14(25)15(26)17(28)19(9)33-3/h5-6H,22-29H2,1-3H3/b20-10-,30-5?,31-6?. The quantitative estimate of drug-likeness (QED) is 0.167. The maximum absolute atomic E-state index is 9.51. The van der Waals surface area contributed by atoms with E-state index in [1.54, 1.807) is 6.92 Å². The van der Waals surface area contributed by atoms with E-state index in [9.17, 15) is 5.26 Å². The highest BCUT2D eigenvalue weighted by molar-refractivity contribution is 6.04. The number of rotatable bonds is 6. The lowest BCUT2D eigenvalue weighted by atomic mass is 10.0. The van der Waals surface area contributed by atoms with Gasteiger partial charge in [-0.3, -0.25) is 0 Å². The van der Waals surface area contributed by atoms with Crippen LogP contribution in [-0.4, -0.2) is 26.6 Å². The van der Waals surface area contributed by atoms with Crippen molar-refractivity contribution in [2.45, 2.75) is 6.92 Å². The van der Waals surface area contributed by atoms with Crippen molar-refractivity contribution in [1.29, 1.82) is 5.26 Å². The van der Waals surface area contributed by atoms with Gasteiger partial charge in [-0.2, -0.15) is 5.26 Å². The molecule has 0 saturated carbocycles. The summed E-state index contributed by atoms with van der Waals surface area (Å²) in [5.41, 5.74) is 49.6. The summed E-state index contributed by atoms with van der Waals surface area (Å²) < 4.78 is 10.6. The second-order valence-corrected chi connectivity index (χ2v) is 6.78. The summed E-state index contributed by atoms with van der Waals surface area (Å²) in [6.07, 6.45) is 2.52. The highest BCUT2D eigenvalue weighted by Crippen LogP contribution is 2.41. The van der Waals surface area contributed by atoms with Gasteiger partial charge >= 0.3 is 0 Å². The molecular weight excluding hydrogens is 426 g/mol. The smallest absolute Gasteiger partial charge is 0.182 e. The van der Waals surface area contributed by atoms with E-state index < -0.39 is 0 Å². The first-order valence-corrected chi connectivity index (χ1v) is 9.30. The zero-order valence-corrected chi connectivity index (χ0v) is 18.4. The lowest BCUT2D eigenvalue weighted by Gasteiger charge is -2.16. The molecule has 0 unspecified atom stereocenters. The molecule has 0 aliphatic rings. The van der Waals surface area contributed by atoms with Crippen LogP contribution >= 0.6 is 0 Å². The number of hydrogen-bond donors (Lipinski definition) is 8. The second-order valence-electron chi connectivity index (χ2n) is 6.78. The van der Waals surface area contributed by atoms with Gasteiger partial charge < -0.3 is 55.3 Å².